The van der Waals surface area contributed by atoms with E-state index in [-0.39, 0.29) is 6.79 Å². The van der Waals surface area contributed by atoms with Crippen molar-refractivity contribution in [3.8, 4) is 11.5 Å². The molecule has 1 aliphatic rings. The number of fused-ring (bicyclic) bond motifs is 1. The fraction of sp³-hybridized carbons (Fsp3) is 0.0667. The van der Waals surface area contributed by atoms with E-state index >= 15 is 0 Å². The van der Waals surface area contributed by atoms with Crippen LogP contribution in [0.5, 0.6) is 11.5 Å². The van der Waals surface area contributed by atoms with Gasteiger partial charge in [-0.15, -0.1) is 0 Å². The zero-order valence-electron chi connectivity index (χ0n) is 11.0. The second-order valence-corrected chi connectivity index (χ2v) is 4.22. The maximum Gasteiger partial charge on any atom is 0.437 e. The zero-order chi connectivity index (χ0) is 14.5. The number of nitrogens with one attached hydrogen (secondary N) is 1. The van der Waals surface area contributed by atoms with Crippen molar-refractivity contribution in [3.05, 3.63) is 54.1 Å². The van der Waals surface area contributed by atoms with Crippen LogP contribution in [0.3, 0.4) is 0 Å². The Balaban J connectivity index is 1.56. The summed E-state index contributed by atoms with van der Waals surface area (Å²) in [5.41, 5.74) is 1.38. The number of amides is 1. The molecule has 106 valence electrons. The van der Waals surface area contributed by atoms with E-state index < -0.39 is 6.09 Å². The van der Waals surface area contributed by atoms with E-state index in [1.807, 2.05) is 18.2 Å². The average Bonchev–Trinajstić information content (AvgIpc) is 2.96. The molecular formula is C15H12N2O4. The molecule has 1 amide bonds. The van der Waals surface area contributed by atoms with Gasteiger partial charge in [-0.1, -0.05) is 23.4 Å². The van der Waals surface area contributed by atoms with Gasteiger partial charge in [-0.3, -0.25) is 10.2 Å². The van der Waals surface area contributed by atoms with Gasteiger partial charge in [-0.05, 0) is 30.3 Å². The van der Waals surface area contributed by atoms with Crippen molar-refractivity contribution < 1.29 is 19.1 Å². The molecule has 0 atom stereocenters. The normalized spacial score (nSPS) is 12.4. The molecule has 0 radical (unpaired) electrons. The molecule has 0 spiro atoms. The Bertz CT molecular complexity index is 671. The Morgan fingerprint density at radius 2 is 1.95 bits per heavy atom. The predicted molar refractivity (Wildman–Crippen MR) is 76.7 cm³/mol. The average molecular weight is 284 g/mol. The summed E-state index contributed by atoms with van der Waals surface area (Å²) in [6.45, 7) is 0.214. The number of ether oxygens (including phenoxy) is 2. The Kier molecular flexibility index (Phi) is 3.68. The van der Waals surface area contributed by atoms with E-state index in [2.05, 4.69) is 10.5 Å². The first-order valence-electron chi connectivity index (χ1n) is 6.27. The van der Waals surface area contributed by atoms with Crippen molar-refractivity contribution in [2.24, 2.45) is 5.16 Å². The summed E-state index contributed by atoms with van der Waals surface area (Å²) in [5.74, 6) is 1.34. The molecular weight excluding hydrogens is 272 g/mol. The van der Waals surface area contributed by atoms with E-state index in [0.29, 0.717) is 17.2 Å². The van der Waals surface area contributed by atoms with Gasteiger partial charge < -0.3 is 9.47 Å². The zero-order valence-corrected chi connectivity index (χ0v) is 11.0. The Labute approximate surface area is 120 Å². The molecule has 0 saturated heterocycles. The second kappa shape index (κ2) is 5.96. The molecule has 0 aliphatic carbocycles. The van der Waals surface area contributed by atoms with Gasteiger partial charge in [-0.2, -0.15) is 0 Å². The van der Waals surface area contributed by atoms with Gasteiger partial charge in [0.2, 0.25) is 6.79 Å². The number of para-hydroxylation sites is 1. The Morgan fingerprint density at radius 3 is 2.81 bits per heavy atom. The van der Waals surface area contributed by atoms with Crippen LogP contribution in [0.15, 0.2) is 53.7 Å². The van der Waals surface area contributed by atoms with Crippen molar-refractivity contribution in [3.63, 3.8) is 0 Å². The molecule has 6 heteroatoms. The van der Waals surface area contributed by atoms with Crippen molar-refractivity contribution >= 4 is 18.0 Å². The smallest absolute Gasteiger partial charge is 0.437 e. The third kappa shape index (κ3) is 3.30. The first-order chi connectivity index (χ1) is 10.3. The molecule has 0 unspecified atom stereocenters. The van der Waals surface area contributed by atoms with Gasteiger partial charge in [0.1, 0.15) is 0 Å². The van der Waals surface area contributed by atoms with Gasteiger partial charge >= 0.3 is 6.09 Å². The van der Waals surface area contributed by atoms with E-state index in [1.165, 1.54) is 6.21 Å². The number of oxime groups is 1. The van der Waals surface area contributed by atoms with Gasteiger partial charge in [0.05, 0.1) is 6.21 Å². The molecule has 1 heterocycles. The molecule has 0 aromatic heterocycles. The van der Waals surface area contributed by atoms with Crippen LogP contribution in [0.25, 0.3) is 0 Å². The van der Waals surface area contributed by atoms with Gasteiger partial charge in [-0.25, -0.2) is 4.79 Å². The van der Waals surface area contributed by atoms with Gasteiger partial charge in [0.15, 0.2) is 11.5 Å². The topological polar surface area (TPSA) is 69.2 Å². The minimum atomic E-state index is -0.654. The van der Waals surface area contributed by atoms with Crippen LogP contribution in [-0.4, -0.2) is 19.1 Å². The predicted octanol–water partition coefficient (Wildman–Crippen LogP) is 3.00. The molecule has 1 aliphatic heterocycles. The minimum Gasteiger partial charge on any atom is -0.454 e. The Hall–Kier alpha value is -3.02. The van der Waals surface area contributed by atoms with Crippen LogP contribution in [-0.2, 0) is 4.84 Å². The molecule has 1 N–H and O–H groups in total. The molecule has 2 aromatic rings. The van der Waals surface area contributed by atoms with Crippen LogP contribution in [0.2, 0.25) is 0 Å². The molecule has 0 bridgehead atoms. The number of anilines is 1. The van der Waals surface area contributed by atoms with E-state index in [4.69, 9.17) is 14.3 Å². The van der Waals surface area contributed by atoms with Gasteiger partial charge in [0.25, 0.3) is 0 Å². The lowest BCUT2D eigenvalue weighted by Crippen LogP contribution is -2.10. The monoisotopic (exact) mass is 284 g/mol. The van der Waals surface area contributed by atoms with Crippen molar-refractivity contribution in [2.45, 2.75) is 0 Å². The number of carbonyl (C=O) groups excluding carboxylic acids is 1. The molecule has 0 saturated carbocycles. The highest BCUT2D eigenvalue weighted by atomic mass is 16.7. The lowest BCUT2D eigenvalue weighted by atomic mass is 10.2. The summed E-state index contributed by atoms with van der Waals surface area (Å²) in [6.07, 6.45) is 0.769. The third-order valence-electron chi connectivity index (χ3n) is 2.75. The molecule has 21 heavy (non-hydrogen) atoms. The summed E-state index contributed by atoms with van der Waals surface area (Å²) < 4.78 is 10.4. The SMILES string of the molecule is O=C(Nc1ccccc1)ON=Cc1ccc2c(c1)OCO2. The summed E-state index contributed by atoms with van der Waals surface area (Å²) in [4.78, 5) is 16.2. The molecule has 3 rings (SSSR count). The lowest BCUT2D eigenvalue weighted by molar-refractivity contribution is 0.167. The third-order valence-corrected chi connectivity index (χ3v) is 2.75. The largest absolute Gasteiger partial charge is 0.454 e. The quantitative estimate of drug-likeness (QED) is 0.534. The van der Waals surface area contributed by atoms with E-state index in [9.17, 15) is 4.79 Å². The van der Waals surface area contributed by atoms with Crippen LogP contribution in [0.1, 0.15) is 5.56 Å². The number of rotatable bonds is 3. The fourth-order valence-corrected chi connectivity index (χ4v) is 1.79. The first-order valence-corrected chi connectivity index (χ1v) is 6.27. The fourth-order valence-electron chi connectivity index (χ4n) is 1.79. The minimum absolute atomic E-state index is 0.214. The maximum atomic E-state index is 11.5. The molecule has 2 aromatic carbocycles. The van der Waals surface area contributed by atoms with Crippen LogP contribution in [0, 0.1) is 0 Å². The first kappa shape index (κ1) is 13.0. The Morgan fingerprint density at radius 1 is 1.14 bits per heavy atom. The van der Waals surface area contributed by atoms with Crippen molar-refractivity contribution in [1.29, 1.82) is 0 Å². The van der Waals surface area contributed by atoms with Crippen LogP contribution >= 0.6 is 0 Å². The standard InChI is InChI=1S/C15H12N2O4/c18-15(17-12-4-2-1-3-5-12)21-16-9-11-6-7-13-14(8-11)20-10-19-13/h1-9H,10H2,(H,17,18). The number of carbonyl (C=O) groups is 1. The van der Waals surface area contributed by atoms with Crippen molar-refractivity contribution in [2.75, 3.05) is 12.1 Å². The second-order valence-electron chi connectivity index (χ2n) is 4.22. The summed E-state index contributed by atoms with van der Waals surface area (Å²) in [6, 6.07) is 14.3. The maximum absolute atomic E-state index is 11.5. The number of benzene rings is 2. The lowest BCUT2D eigenvalue weighted by Gasteiger charge is -2.01. The van der Waals surface area contributed by atoms with Crippen LogP contribution in [0.4, 0.5) is 10.5 Å². The highest BCUT2D eigenvalue weighted by molar-refractivity contribution is 5.86. The van der Waals surface area contributed by atoms with E-state index in [1.54, 1.807) is 30.3 Å². The summed E-state index contributed by atoms with van der Waals surface area (Å²) in [7, 11) is 0. The summed E-state index contributed by atoms with van der Waals surface area (Å²) in [5, 5.41) is 6.18. The number of hydrogen-bond donors (Lipinski definition) is 1. The highest BCUT2D eigenvalue weighted by Crippen LogP contribution is 2.31. The molecule has 0 fully saturated rings. The van der Waals surface area contributed by atoms with Gasteiger partial charge in [0, 0.05) is 11.3 Å². The van der Waals surface area contributed by atoms with Crippen LogP contribution < -0.4 is 14.8 Å². The van der Waals surface area contributed by atoms with Crippen molar-refractivity contribution in [1.82, 2.24) is 0 Å². The van der Waals surface area contributed by atoms with E-state index in [0.717, 1.165) is 5.56 Å². The highest BCUT2D eigenvalue weighted by Gasteiger charge is 2.12. The number of nitrogens with zero attached hydrogens (tertiary/aromatic N) is 1. The summed E-state index contributed by atoms with van der Waals surface area (Å²) >= 11 is 0. The molecule has 6 nitrogen and oxygen atoms in total. The number of hydrogen-bond acceptors (Lipinski definition) is 5.